The predicted molar refractivity (Wildman–Crippen MR) is 75.5 cm³/mol. The number of ether oxygens (including phenoxy) is 1. The number of hydrogen-bond acceptors (Lipinski definition) is 3. The van der Waals surface area contributed by atoms with Crippen LogP contribution in [0.4, 0.5) is 4.39 Å². The topological polar surface area (TPSA) is 58.6 Å². The smallest absolute Gasteiger partial charge is 0.344 e. The Kier molecular flexibility index (Phi) is 6.45. The maximum atomic E-state index is 14.0. The molecule has 20 heavy (non-hydrogen) atoms. The Bertz CT molecular complexity index is 451. The maximum Gasteiger partial charge on any atom is 0.344 e. The molecule has 1 aromatic carbocycles. The molecule has 1 rings (SSSR count). The number of aliphatic carboxylic acids is 1. The third-order valence-electron chi connectivity index (χ3n) is 3.05. The summed E-state index contributed by atoms with van der Waals surface area (Å²) in [6.45, 7) is 6.45. The Morgan fingerprint density at radius 1 is 1.45 bits per heavy atom. The van der Waals surface area contributed by atoms with Gasteiger partial charge in [0.2, 0.25) is 0 Å². The molecule has 2 N–H and O–H groups in total. The Hall–Kier alpha value is -1.62. The first-order valence-corrected chi connectivity index (χ1v) is 6.91. The van der Waals surface area contributed by atoms with E-state index >= 15 is 0 Å². The largest absolute Gasteiger partial charge is 0.479 e. The molecule has 0 aliphatic rings. The van der Waals surface area contributed by atoms with Gasteiger partial charge in [0.25, 0.3) is 0 Å². The minimum atomic E-state index is -1.03. The minimum Gasteiger partial charge on any atom is -0.479 e. The van der Waals surface area contributed by atoms with E-state index in [0.717, 1.165) is 6.54 Å². The molecule has 0 radical (unpaired) electrons. The van der Waals surface area contributed by atoms with Gasteiger partial charge in [-0.05, 0) is 26.0 Å². The number of benzene rings is 1. The minimum absolute atomic E-state index is 0.0973. The zero-order chi connectivity index (χ0) is 15.1. The molecule has 0 aromatic heterocycles. The van der Waals surface area contributed by atoms with Crippen LogP contribution in [0.2, 0.25) is 0 Å². The predicted octanol–water partition coefficient (Wildman–Crippen LogP) is 3.13. The monoisotopic (exact) mass is 283 g/mol. The van der Waals surface area contributed by atoms with Crippen molar-refractivity contribution >= 4 is 5.97 Å². The van der Waals surface area contributed by atoms with Crippen molar-refractivity contribution in [3.8, 4) is 5.75 Å². The number of carbonyl (C=O) groups is 1. The molecule has 0 bridgehead atoms. The van der Waals surface area contributed by atoms with Crippen LogP contribution in [0.25, 0.3) is 0 Å². The number of carboxylic acid groups (broad SMARTS) is 1. The van der Waals surface area contributed by atoms with E-state index in [1.165, 1.54) is 6.07 Å². The van der Waals surface area contributed by atoms with E-state index in [-0.39, 0.29) is 11.8 Å². The molecular weight excluding hydrogens is 261 g/mol. The summed E-state index contributed by atoms with van der Waals surface area (Å²) in [5.41, 5.74) is 0.543. The van der Waals surface area contributed by atoms with Gasteiger partial charge in [0.1, 0.15) is 11.6 Å². The van der Waals surface area contributed by atoms with E-state index in [0.29, 0.717) is 18.4 Å². The highest BCUT2D eigenvalue weighted by Crippen LogP contribution is 2.23. The average Bonchev–Trinajstić information content (AvgIpc) is 2.38. The normalized spacial score (nSPS) is 13.8. The molecule has 0 saturated heterocycles. The van der Waals surface area contributed by atoms with Gasteiger partial charge in [-0.1, -0.05) is 26.3 Å². The van der Waals surface area contributed by atoms with Crippen LogP contribution in [0.5, 0.6) is 5.75 Å². The van der Waals surface area contributed by atoms with Crippen molar-refractivity contribution in [3.63, 3.8) is 0 Å². The van der Waals surface area contributed by atoms with Crippen LogP contribution in [-0.2, 0) is 4.79 Å². The molecule has 1 aromatic rings. The van der Waals surface area contributed by atoms with Gasteiger partial charge in [0.05, 0.1) is 0 Å². The van der Waals surface area contributed by atoms with Crippen molar-refractivity contribution in [1.82, 2.24) is 5.32 Å². The van der Waals surface area contributed by atoms with Gasteiger partial charge in [0, 0.05) is 17.7 Å². The lowest BCUT2D eigenvalue weighted by Gasteiger charge is -2.17. The molecule has 0 spiro atoms. The number of halogens is 1. The summed E-state index contributed by atoms with van der Waals surface area (Å²) in [5, 5.41) is 12.1. The molecular formula is C15H22FNO3. The first-order chi connectivity index (χ1) is 9.49. The van der Waals surface area contributed by atoms with Crippen LogP contribution in [0.3, 0.4) is 0 Å². The lowest BCUT2D eigenvalue weighted by atomic mass is 10.1. The SMILES string of the molecule is CCCC(Oc1ccc(C(C)NCC)c(F)c1)C(=O)O. The Morgan fingerprint density at radius 3 is 2.65 bits per heavy atom. The second kappa shape index (κ2) is 7.85. The summed E-state index contributed by atoms with van der Waals surface area (Å²) in [6.07, 6.45) is 0.151. The highest BCUT2D eigenvalue weighted by molar-refractivity contribution is 5.72. The van der Waals surface area contributed by atoms with Gasteiger partial charge in [-0.25, -0.2) is 9.18 Å². The molecule has 0 aliphatic carbocycles. The van der Waals surface area contributed by atoms with E-state index in [9.17, 15) is 9.18 Å². The molecule has 0 aliphatic heterocycles. The molecule has 2 atom stereocenters. The fourth-order valence-electron chi connectivity index (χ4n) is 2.01. The third-order valence-corrected chi connectivity index (χ3v) is 3.05. The van der Waals surface area contributed by atoms with Gasteiger partial charge < -0.3 is 15.2 Å². The van der Waals surface area contributed by atoms with Crippen molar-refractivity contribution in [3.05, 3.63) is 29.6 Å². The standard InChI is InChI=1S/C15H22FNO3/c1-4-6-14(15(18)19)20-11-7-8-12(13(16)9-11)10(3)17-5-2/h7-10,14,17H,4-6H2,1-3H3,(H,18,19). The molecule has 0 amide bonds. The van der Waals surface area contributed by atoms with Crippen LogP contribution >= 0.6 is 0 Å². The van der Waals surface area contributed by atoms with Gasteiger partial charge in [-0.15, -0.1) is 0 Å². The lowest BCUT2D eigenvalue weighted by Crippen LogP contribution is -2.26. The van der Waals surface area contributed by atoms with Gasteiger partial charge >= 0.3 is 5.97 Å². The van der Waals surface area contributed by atoms with E-state index in [4.69, 9.17) is 9.84 Å². The molecule has 0 saturated carbocycles. The van der Waals surface area contributed by atoms with Crippen LogP contribution in [0, 0.1) is 5.82 Å². The molecule has 0 heterocycles. The van der Waals surface area contributed by atoms with Crippen LogP contribution in [-0.4, -0.2) is 23.7 Å². The van der Waals surface area contributed by atoms with Crippen molar-refractivity contribution in [1.29, 1.82) is 0 Å². The van der Waals surface area contributed by atoms with Crippen molar-refractivity contribution < 1.29 is 19.0 Å². The summed E-state index contributed by atoms with van der Waals surface area (Å²) in [7, 11) is 0. The molecule has 0 fully saturated rings. The zero-order valence-corrected chi connectivity index (χ0v) is 12.1. The number of carboxylic acids is 1. The van der Waals surface area contributed by atoms with E-state index in [1.54, 1.807) is 12.1 Å². The summed E-state index contributed by atoms with van der Waals surface area (Å²) in [4.78, 5) is 11.0. The first-order valence-electron chi connectivity index (χ1n) is 6.91. The summed E-state index contributed by atoms with van der Waals surface area (Å²) >= 11 is 0. The summed E-state index contributed by atoms with van der Waals surface area (Å²) in [6, 6.07) is 4.38. The zero-order valence-electron chi connectivity index (χ0n) is 12.1. The van der Waals surface area contributed by atoms with Crippen LogP contribution in [0.15, 0.2) is 18.2 Å². The highest BCUT2D eigenvalue weighted by atomic mass is 19.1. The Balaban J connectivity index is 2.83. The van der Waals surface area contributed by atoms with Crippen molar-refractivity contribution in [2.45, 2.75) is 45.8 Å². The van der Waals surface area contributed by atoms with Crippen LogP contribution < -0.4 is 10.1 Å². The van der Waals surface area contributed by atoms with Gasteiger partial charge in [-0.3, -0.25) is 0 Å². The second-order valence-corrected chi connectivity index (χ2v) is 4.70. The third kappa shape index (κ3) is 4.49. The fourth-order valence-corrected chi connectivity index (χ4v) is 2.01. The number of hydrogen-bond donors (Lipinski definition) is 2. The molecule has 5 heteroatoms. The highest BCUT2D eigenvalue weighted by Gasteiger charge is 2.19. The van der Waals surface area contributed by atoms with E-state index < -0.39 is 17.9 Å². The second-order valence-electron chi connectivity index (χ2n) is 4.70. The average molecular weight is 283 g/mol. The number of nitrogens with one attached hydrogen (secondary N) is 1. The van der Waals surface area contributed by atoms with Gasteiger partial charge in [0.15, 0.2) is 6.10 Å². The number of rotatable bonds is 8. The quantitative estimate of drug-likeness (QED) is 0.769. The van der Waals surface area contributed by atoms with Crippen LogP contribution in [0.1, 0.15) is 45.2 Å². The van der Waals surface area contributed by atoms with Crippen molar-refractivity contribution in [2.75, 3.05) is 6.54 Å². The summed E-state index contributed by atoms with van der Waals surface area (Å²) < 4.78 is 19.3. The first kappa shape index (κ1) is 16.4. The lowest BCUT2D eigenvalue weighted by molar-refractivity contribution is -0.145. The Morgan fingerprint density at radius 2 is 2.15 bits per heavy atom. The molecule has 4 nitrogen and oxygen atoms in total. The van der Waals surface area contributed by atoms with E-state index in [2.05, 4.69) is 5.32 Å². The Labute approximate surface area is 119 Å². The van der Waals surface area contributed by atoms with E-state index in [1.807, 2.05) is 20.8 Å². The molecule has 2 unspecified atom stereocenters. The fraction of sp³-hybridized carbons (Fsp3) is 0.533. The maximum absolute atomic E-state index is 14.0. The molecule has 112 valence electrons. The van der Waals surface area contributed by atoms with Crippen molar-refractivity contribution in [2.24, 2.45) is 0 Å². The van der Waals surface area contributed by atoms with Gasteiger partial charge in [-0.2, -0.15) is 0 Å². The summed E-state index contributed by atoms with van der Waals surface area (Å²) in [5.74, 6) is -1.18.